The number of ketones is 1. The van der Waals surface area contributed by atoms with Gasteiger partial charge in [0.25, 0.3) is 0 Å². The molecule has 0 aliphatic carbocycles. The standard InChI is InChI=1S/C23H14BrNO4/c24-14-11-9-13(10-12-14)20(26)21-19(17-7-3-4-8-18(17)28-21)25-22-15-5-1-2-6-16(15)23(27)29-22/h1-12,22,25H. The second kappa shape index (κ2) is 6.90. The van der Waals surface area contributed by atoms with Crippen LogP contribution in [0, 0.1) is 0 Å². The summed E-state index contributed by atoms with van der Waals surface area (Å²) in [7, 11) is 0. The van der Waals surface area contributed by atoms with E-state index in [1.165, 1.54) is 0 Å². The maximum absolute atomic E-state index is 13.2. The Kier molecular flexibility index (Phi) is 4.21. The number of nitrogens with one attached hydrogen (secondary N) is 1. The van der Waals surface area contributed by atoms with Crippen LogP contribution in [-0.4, -0.2) is 11.8 Å². The second-order valence-corrected chi connectivity index (χ2v) is 7.57. The molecule has 5 rings (SSSR count). The second-order valence-electron chi connectivity index (χ2n) is 6.66. The van der Waals surface area contributed by atoms with Crippen LogP contribution in [0.5, 0.6) is 0 Å². The Labute approximate surface area is 174 Å². The van der Waals surface area contributed by atoms with Crippen molar-refractivity contribution in [1.29, 1.82) is 0 Å². The van der Waals surface area contributed by atoms with Gasteiger partial charge >= 0.3 is 5.97 Å². The summed E-state index contributed by atoms with van der Waals surface area (Å²) in [6, 6.07) is 21.6. The van der Waals surface area contributed by atoms with E-state index in [-0.39, 0.29) is 11.5 Å². The lowest BCUT2D eigenvalue weighted by Crippen LogP contribution is -2.13. The molecule has 0 saturated heterocycles. The Hall–Kier alpha value is -3.38. The molecular formula is C23H14BrNO4. The highest BCUT2D eigenvalue weighted by Gasteiger charge is 2.33. The lowest BCUT2D eigenvalue weighted by molar-refractivity contribution is 0.0437. The smallest absolute Gasteiger partial charge is 0.340 e. The zero-order valence-electron chi connectivity index (χ0n) is 15.0. The van der Waals surface area contributed by atoms with Gasteiger partial charge in [-0.2, -0.15) is 0 Å². The Morgan fingerprint density at radius 3 is 2.48 bits per heavy atom. The molecule has 0 fully saturated rings. The molecule has 1 atom stereocenters. The molecule has 1 aliphatic heterocycles. The first-order chi connectivity index (χ1) is 14.1. The molecule has 1 N–H and O–H groups in total. The van der Waals surface area contributed by atoms with Gasteiger partial charge in [0.05, 0.1) is 11.3 Å². The van der Waals surface area contributed by atoms with Crippen molar-refractivity contribution >= 4 is 44.3 Å². The van der Waals surface area contributed by atoms with Crippen LogP contribution in [-0.2, 0) is 4.74 Å². The molecule has 29 heavy (non-hydrogen) atoms. The molecule has 1 aromatic heterocycles. The van der Waals surface area contributed by atoms with Crippen molar-refractivity contribution in [2.24, 2.45) is 0 Å². The molecule has 1 aliphatic rings. The fraction of sp³-hybridized carbons (Fsp3) is 0.0435. The number of halogens is 1. The van der Waals surface area contributed by atoms with Crippen LogP contribution in [0.4, 0.5) is 5.69 Å². The number of para-hydroxylation sites is 1. The van der Waals surface area contributed by atoms with Crippen molar-refractivity contribution < 1.29 is 18.7 Å². The number of hydrogen-bond donors (Lipinski definition) is 1. The van der Waals surface area contributed by atoms with E-state index in [2.05, 4.69) is 21.2 Å². The van der Waals surface area contributed by atoms with Crippen LogP contribution in [0.3, 0.4) is 0 Å². The van der Waals surface area contributed by atoms with E-state index in [0.29, 0.717) is 22.4 Å². The average Bonchev–Trinajstić information content (AvgIpc) is 3.27. The molecule has 0 saturated carbocycles. The van der Waals surface area contributed by atoms with Crippen molar-refractivity contribution in [2.45, 2.75) is 6.23 Å². The Morgan fingerprint density at radius 1 is 0.931 bits per heavy atom. The highest BCUT2D eigenvalue weighted by molar-refractivity contribution is 9.10. The van der Waals surface area contributed by atoms with Gasteiger partial charge in [0.2, 0.25) is 12.0 Å². The summed E-state index contributed by atoms with van der Waals surface area (Å²) in [6.07, 6.45) is -0.698. The van der Waals surface area contributed by atoms with Gasteiger partial charge in [-0.15, -0.1) is 0 Å². The maximum Gasteiger partial charge on any atom is 0.340 e. The van der Waals surface area contributed by atoms with Crippen LogP contribution >= 0.6 is 15.9 Å². The van der Waals surface area contributed by atoms with E-state index >= 15 is 0 Å². The van der Waals surface area contributed by atoms with Crippen LogP contribution in [0.2, 0.25) is 0 Å². The lowest BCUT2D eigenvalue weighted by Gasteiger charge is -2.14. The number of carbonyl (C=O) groups is 2. The average molecular weight is 448 g/mol. The fourth-order valence-electron chi connectivity index (χ4n) is 3.46. The third-order valence-electron chi connectivity index (χ3n) is 4.87. The largest absolute Gasteiger partial charge is 0.450 e. The molecule has 3 aromatic carbocycles. The summed E-state index contributed by atoms with van der Waals surface area (Å²) in [5.74, 6) is -0.477. The predicted molar refractivity (Wildman–Crippen MR) is 112 cm³/mol. The van der Waals surface area contributed by atoms with Gasteiger partial charge in [-0.05, 0) is 42.5 Å². The lowest BCUT2D eigenvalue weighted by atomic mass is 10.1. The summed E-state index contributed by atoms with van der Waals surface area (Å²) >= 11 is 3.38. The third kappa shape index (κ3) is 3.02. The zero-order chi connectivity index (χ0) is 20.0. The number of benzene rings is 3. The molecule has 4 aromatic rings. The molecular weight excluding hydrogens is 434 g/mol. The third-order valence-corrected chi connectivity index (χ3v) is 5.40. The van der Waals surface area contributed by atoms with Crippen LogP contribution < -0.4 is 5.32 Å². The Bertz CT molecular complexity index is 1260. The molecule has 0 radical (unpaired) electrons. The summed E-state index contributed by atoms with van der Waals surface area (Å²) < 4.78 is 12.3. The summed E-state index contributed by atoms with van der Waals surface area (Å²) in [4.78, 5) is 25.4. The minimum Gasteiger partial charge on any atom is -0.450 e. The number of carbonyl (C=O) groups excluding carboxylic acids is 2. The number of hydrogen-bond acceptors (Lipinski definition) is 5. The van der Waals surface area contributed by atoms with Crippen LogP contribution in [0.15, 0.2) is 81.7 Å². The first-order valence-electron chi connectivity index (χ1n) is 9.00. The minimum absolute atomic E-state index is 0.175. The van der Waals surface area contributed by atoms with Crippen LogP contribution in [0.25, 0.3) is 11.0 Å². The van der Waals surface area contributed by atoms with Gasteiger partial charge in [-0.25, -0.2) is 4.79 Å². The molecule has 0 spiro atoms. The summed E-state index contributed by atoms with van der Waals surface area (Å²) in [5.41, 5.74) is 2.82. The highest BCUT2D eigenvalue weighted by Crippen LogP contribution is 2.38. The maximum atomic E-state index is 13.2. The molecule has 142 valence electrons. The van der Waals surface area contributed by atoms with Gasteiger partial charge in [0.1, 0.15) is 5.58 Å². The van der Waals surface area contributed by atoms with Crippen molar-refractivity contribution in [3.63, 3.8) is 0 Å². The number of cyclic esters (lactones) is 1. The zero-order valence-corrected chi connectivity index (χ0v) is 16.6. The van der Waals surface area contributed by atoms with Crippen molar-refractivity contribution in [3.8, 4) is 0 Å². The number of furan rings is 1. The fourth-order valence-corrected chi connectivity index (χ4v) is 3.73. The van der Waals surface area contributed by atoms with E-state index in [1.54, 1.807) is 42.5 Å². The van der Waals surface area contributed by atoms with Crippen LogP contribution in [0.1, 0.15) is 38.3 Å². The minimum atomic E-state index is -0.698. The first-order valence-corrected chi connectivity index (χ1v) is 9.79. The Balaban J connectivity index is 1.60. The normalized spacial score (nSPS) is 15.2. The van der Waals surface area contributed by atoms with E-state index in [4.69, 9.17) is 9.15 Å². The molecule has 0 bridgehead atoms. The first kappa shape index (κ1) is 17.7. The van der Waals surface area contributed by atoms with Crippen molar-refractivity contribution in [1.82, 2.24) is 0 Å². The van der Waals surface area contributed by atoms with Gasteiger partial charge < -0.3 is 14.5 Å². The molecule has 0 amide bonds. The predicted octanol–water partition coefficient (Wildman–Crippen LogP) is 5.71. The monoisotopic (exact) mass is 447 g/mol. The van der Waals surface area contributed by atoms with Gasteiger partial charge in [0.15, 0.2) is 5.76 Å². The number of fused-ring (bicyclic) bond motifs is 2. The number of rotatable bonds is 4. The van der Waals surface area contributed by atoms with E-state index < -0.39 is 12.2 Å². The summed E-state index contributed by atoms with van der Waals surface area (Å²) in [6.45, 7) is 0. The Morgan fingerprint density at radius 2 is 1.66 bits per heavy atom. The number of esters is 1. The topological polar surface area (TPSA) is 68.5 Å². The highest BCUT2D eigenvalue weighted by atomic mass is 79.9. The van der Waals surface area contributed by atoms with E-state index in [1.807, 2.05) is 30.3 Å². The molecule has 1 unspecified atom stereocenters. The van der Waals surface area contributed by atoms with Gasteiger partial charge in [-0.3, -0.25) is 4.79 Å². The quantitative estimate of drug-likeness (QED) is 0.320. The SMILES string of the molecule is O=C1OC(Nc2c(C(=O)c3ccc(Br)cc3)oc3ccccc23)c2ccccc21. The van der Waals surface area contributed by atoms with E-state index in [0.717, 1.165) is 15.4 Å². The van der Waals surface area contributed by atoms with Gasteiger partial charge in [-0.1, -0.05) is 46.3 Å². The molecule has 5 nitrogen and oxygen atoms in total. The van der Waals surface area contributed by atoms with E-state index in [9.17, 15) is 9.59 Å². The van der Waals surface area contributed by atoms with Gasteiger partial charge in [0, 0.05) is 21.0 Å². The summed E-state index contributed by atoms with van der Waals surface area (Å²) in [5, 5.41) is 3.96. The number of anilines is 1. The molecule has 6 heteroatoms. The van der Waals surface area contributed by atoms with Crippen molar-refractivity contribution in [3.05, 3.63) is 99.7 Å². The number of ether oxygens (including phenoxy) is 1. The molecule has 2 heterocycles. The van der Waals surface area contributed by atoms with Crippen molar-refractivity contribution in [2.75, 3.05) is 5.32 Å².